The molecule has 2 heterocycles. The molecule has 2 unspecified atom stereocenters. The highest BCUT2D eigenvalue weighted by Gasteiger charge is 2.45. The van der Waals surface area contributed by atoms with Gasteiger partial charge in [0.05, 0.1) is 16.1 Å². The lowest BCUT2D eigenvalue weighted by Gasteiger charge is -2.24. The van der Waals surface area contributed by atoms with Crippen molar-refractivity contribution in [2.75, 3.05) is 18.5 Å². The van der Waals surface area contributed by atoms with Crippen LogP contribution >= 0.6 is 49.9 Å². The van der Waals surface area contributed by atoms with Crippen LogP contribution in [0, 0.1) is 9.39 Å². The van der Waals surface area contributed by atoms with E-state index in [2.05, 4.69) is 26.6 Å². The summed E-state index contributed by atoms with van der Waals surface area (Å²) in [5, 5.41) is 14.1. The van der Waals surface area contributed by atoms with Gasteiger partial charge in [0.2, 0.25) is 5.91 Å². The Balaban J connectivity index is 1.59. The number of aliphatic hydroxyl groups excluding tert-OH is 1. The molecule has 1 fully saturated rings. The van der Waals surface area contributed by atoms with Crippen LogP contribution < -0.4 is 15.4 Å². The summed E-state index contributed by atoms with van der Waals surface area (Å²) in [4.78, 5) is 41.3. The Morgan fingerprint density at radius 1 is 1.22 bits per heavy atom. The second-order valence-corrected chi connectivity index (χ2v) is 11.6. The third-order valence-corrected chi connectivity index (χ3v) is 7.69. The molecule has 36 heavy (non-hydrogen) atoms. The van der Waals surface area contributed by atoms with E-state index in [9.17, 15) is 18.8 Å². The van der Waals surface area contributed by atoms with Gasteiger partial charge in [-0.2, -0.15) is 0 Å². The largest absolute Gasteiger partial charge is 0.491 e. The summed E-state index contributed by atoms with van der Waals surface area (Å²) in [5.41, 5.74) is 0.466. The Morgan fingerprint density at radius 3 is 2.61 bits per heavy atom. The minimum atomic E-state index is -1.21. The minimum absolute atomic E-state index is 0.0418. The fraction of sp³-hybridized carbons (Fsp3) is 0.208. The Bertz CT molecular complexity index is 1290. The van der Waals surface area contributed by atoms with Gasteiger partial charge in [0.15, 0.2) is 0 Å². The number of amides is 4. The van der Waals surface area contributed by atoms with Gasteiger partial charge < -0.3 is 20.5 Å². The number of aliphatic hydroxyl groups is 1. The van der Waals surface area contributed by atoms with Crippen molar-refractivity contribution in [2.45, 2.75) is 18.5 Å². The molecule has 2 aromatic carbocycles. The maximum absolute atomic E-state index is 14.4. The summed E-state index contributed by atoms with van der Waals surface area (Å²) >= 11 is 6.71. The van der Waals surface area contributed by atoms with Crippen LogP contribution in [0.5, 0.6) is 5.75 Å². The first kappa shape index (κ1) is 26.5. The molecule has 0 radical (unpaired) electrons. The van der Waals surface area contributed by atoms with Gasteiger partial charge in [0, 0.05) is 14.9 Å². The van der Waals surface area contributed by atoms with E-state index in [1.807, 2.05) is 28.7 Å². The van der Waals surface area contributed by atoms with Crippen LogP contribution in [-0.2, 0) is 16.0 Å². The number of imide groups is 1. The predicted octanol–water partition coefficient (Wildman–Crippen LogP) is 4.47. The van der Waals surface area contributed by atoms with E-state index in [0.29, 0.717) is 14.9 Å². The van der Waals surface area contributed by atoms with Gasteiger partial charge in [-0.3, -0.25) is 9.59 Å². The molecule has 0 spiro atoms. The standard InChI is InChI=1S/C24H20BrFIN3O5S/c25-20-8-6-16(36-20)12-19(22(32)28-18-7-3-14(27)11-17(18)26)30-23(33)21(29-24(30)34)13-1-4-15(5-2-13)35-10-9-31/h1-8,11,19,21,31H,9-10,12H2,(H,28,32)(H,29,34). The van der Waals surface area contributed by atoms with E-state index in [0.717, 1.165) is 13.6 Å². The number of hydrogen-bond donors (Lipinski definition) is 3. The van der Waals surface area contributed by atoms with E-state index in [4.69, 9.17) is 9.84 Å². The number of benzene rings is 2. The highest BCUT2D eigenvalue weighted by molar-refractivity contribution is 14.1. The van der Waals surface area contributed by atoms with Crippen LogP contribution in [0.2, 0.25) is 0 Å². The fourth-order valence-electron chi connectivity index (χ4n) is 3.70. The monoisotopic (exact) mass is 687 g/mol. The maximum Gasteiger partial charge on any atom is 0.325 e. The molecule has 0 bridgehead atoms. The van der Waals surface area contributed by atoms with E-state index in [-0.39, 0.29) is 25.3 Å². The third-order valence-electron chi connectivity index (χ3n) is 5.37. The number of urea groups is 1. The lowest BCUT2D eigenvalue weighted by Crippen LogP contribution is -2.49. The number of rotatable bonds is 9. The van der Waals surface area contributed by atoms with Gasteiger partial charge >= 0.3 is 6.03 Å². The minimum Gasteiger partial charge on any atom is -0.491 e. The second kappa shape index (κ2) is 11.7. The fourth-order valence-corrected chi connectivity index (χ4v) is 5.67. The van der Waals surface area contributed by atoms with Crippen LogP contribution in [0.3, 0.4) is 0 Å². The van der Waals surface area contributed by atoms with E-state index < -0.39 is 35.7 Å². The first-order valence-electron chi connectivity index (χ1n) is 10.7. The average molecular weight is 688 g/mol. The van der Waals surface area contributed by atoms with Crippen molar-refractivity contribution in [3.8, 4) is 5.75 Å². The molecule has 12 heteroatoms. The van der Waals surface area contributed by atoms with Crippen molar-refractivity contribution >= 4 is 73.4 Å². The Kier molecular flexibility index (Phi) is 8.59. The Labute approximate surface area is 232 Å². The molecule has 2 atom stereocenters. The SMILES string of the molecule is O=C(Nc1ccc(I)cc1F)C(Cc1ccc(Br)s1)N1C(=O)NC(c2ccc(OCCO)cc2)C1=O. The first-order valence-corrected chi connectivity index (χ1v) is 13.4. The highest BCUT2D eigenvalue weighted by atomic mass is 127. The summed E-state index contributed by atoms with van der Waals surface area (Å²) in [6, 6.07) is 11.5. The zero-order valence-electron chi connectivity index (χ0n) is 18.5. The molecule has 3 aromatic rings. The molecule has 188 valence electrons. The quantitative estimate of drug-likeness (QED) is 0.227. The smallest absolute Gasteiger partial charge is 0.325 e. The average Bonchev–Trinajstić information content (AvgIpc) is 3.39. The maximum atomic E-state index is 14.4. The van der Waals surface area contributed by atoms with Crippen LogP contribution in [0.1, 0.15) is 16.5 Å². The molecule has 4 rings (SSSR count). The molecular formula is C24H20BrFIN3O5S. The summed E-state index contributed by atoms with van der Waals surface area (Å²) in [5.74, 6) is -1.40. The molecule has 1 aliphatic heterocycles. The van der Waals surface area contributed by atoms with Crippen molar-refractivity contribution in [2.24, 2.45) is 0 Å². The van der Waals surface area contributed by atoms with Crippen LogP contribution in [-0.4, -0.2) is 47.1 Å². The molecular weight excluding hydrogens is 668 g/mol. The summed E-state index contributed by atoms with van der Waals surface area (Å²) in [7, 11) is 0. The van der Waals surface area contributed by atoms with Gasteiger partial charge in [0.25, 0.3) is 5.91 Å². The molecule has 1 saturated heterocycles. The van der Waals surface area contributed by atoms with Crippen molar-refractivity contribution < 1.29 is 28.6 Å². The molecule has 3 N–H and O–H groups in total. The number of halogens is 3. The number of thiophene rings is 1. The van der Waals surface area contributed by atoms with Crippen LogP contribution in [0.4, 0.5) is 14.9 Å². The van der Waals surface area contributed by atoms with Crippen LogP contribution in [0.25, 0.3) is 0 Å². The molecule has 1 aromatic heterocycles. The van der Waals surface area contributed by atoms with Gasteiger partial charge in [-0.1, -0.05) is 12.1 Å². The van der Waals surface area contributed by atoms with Gasteiger partial charge in [-0.05, 0) is 86.5 Å². The normalized spacial score (nSPS) is 16.1. The lowest BCUT2D eigenvalue weighted by molar-refractivity contribution is -0.134. The van der Waals surface area contributed by atoms with Crippen molar-refractivity contribution in [1.29, 1.82) is 0 Å². The predicted molar refractivity (Wildman–Crippen MR) is 144 cm³/mol. The Hall–Kier alpha value is -2.55. The summed E-state index contributed by atoms with van der Waals surface area (Å²) in [6.07, 6.45) is 0.0634. The topological polar surface area (TPSA) is 108 Å². The number of nitrogens with zero attached hydrogens (tertiary/aromatic N) is 1. The molecule has 0 saturated carbocycles. The highest BCUT2D eigenvalue weighted by Crippen LogP contribution is 2.30. The van der Waals surface area contributed by atoms with Crippen LogP contribution in [0.15, 0.2) is 58.4 Å². The summed E-state index contributed by atoms with van der Waals surface area (Å²) < 4.78 is 21.2. The zero-order chi connectivity index (χ0) is 25.8. The van der Waals surface area contributed by atoms with E-state index in [1.165, 1.54) is 23.5 Å². The van der Waals surface area contributed by atoms with Gasteiger partial charge in [-0.25, -0.2) is 14.1 Å². The Morgan fingerprint density at radius 2 is 1.97 bits per heavy atom. The van der Waals surface area contributed by atoms with Crippen molar-refractivity contribution in [3.05, 3.63) is 78.2 Å². The van der Waals surface area contributed by atoms with Gasteiger partial charge in [0.1, 0.15) is 30.3 Å². The van der Waals surface area contributed by atoms with E-state index in [1.54, 1.807) is 36.4 Å². The number of nitrogens with one attached hydrogen (secondary N) is 2. The lowest BCUT2D eigenvalue weighted by atomic mass is 10.1. The summed E-state index contributed by atoms with van der Waals surface area (Å²) in [6.45, 7) is -0.00668. The van der Waals surface area contributed by atoms with Crippen molar-refractivity contribution in [3.63, 3.8) is 0 Å². The number of anilines is 1. The number of ether oxygens (including phenoxy) is 1. The van der Waals surface area contributed by atoms with Crippen molar-refractivity contribution in [1.82, 2.24) is 10.2 Å². The number of carbonyl (C=O) groups excluding carboxylic acids is 3. The third kappa shape index (κ3) is 6.05. The molecule has 4 amide bonds. The van der Waals surface area contributed by atoms with Gasteiger partial charge in [-0.15, -0.1) is 11.3 Å². The second-order valence-electron chi connectivity index (χ2n) is 7.77. The number of carbonyl (C=O) groups is 3. The molecule has 8 nitrogen and oxygen atoms in total. The first-order chi connectivity index (χ1) is 17.3. The molecule has 1 aliphatic rings. The van der Waals surface area contributed by atoms with E-state index >= 15 is 0 Å². The zero-order valence-corrected chi connectivity index (χ0v) is 23.1. The molecule has 0 aliphatic carbocycles. The number of hydrogen-bond acceptors (Lipinski definition) is 6.